The third-order valence-electron chi connectivity index (χ3n) is 8.47. The van der Waals surface area contributed by atoms with Crippen LogP contribution < -0.4 is 20.7 Å². The largest absolute Gasteiger partial charge is 0.488 e. The number of benzene rings is 3. The minimum Gasteiger partial charge on any atom is -0.488 e. The second-order valence-electron chi connectivity index (χ2n) is 11.6. The third kappa shape index (κ3) is 6.93. The number of hydrogen-bond donors (Lipinski definition) is 4. The topological polar surface area (TPSA) is 150 Å². The van der Waals surface area contributed by atoms with Gasteiger partial charge in [0.05, 0.1) is 12.6 Å². The number of aromatic nitrogens is 1. The first kappa shape index (κ1) is 30.6. The number of aromatic amines is 1. The second kappa shape index (κ2) is 13.7. The maximum atomic E-state index is 14.0. The average Bonchev–Trinajstić information content (AvgIpc) is 3.82. The molecule has 2 aliphatic heterocycles. The summed E-state index contributed by atoms with van der Waals surface area (Å²) in [4.78, 5) is 71.4. The summed E-state index contributed by atoms with van der Waals surface area (Å²) in [6.45, 7) is 0.707. The number of fused-ring (bicyclic) bond motifs is 1. The Kier molecular flexibility index (Phi) is 9.09. The van der Waals surface area contributed by atoms with Crippen LogP contribution in [0, 0.1) is 5.92 Å². The number of H-pyrrole nitrogens is 1. The van der Waals surface area contributed by atoms with Crippen molar-refractivity contribution in [3.63, 3.8) is 0 Å². The molecular formula is C35H35N5O6. The monoisotopic (exact) mass is 621 g/mol. The fourth-order valence-electron chi connectivity index (χ4n) is 6.07. The number of Topliss-reactive ketones (excluding diaryl/α,β-unsaturated/α-hetero) is 1. The highest BCUT2D eigenvalue weighted by Crippen LogP contribution is 2.27. The molecule has 4 N–H and O–H groups in total. The van der Waals surface area contributed by atoms with Crippen molar-refractivity contribution in [2.75, 3.05) is 13.1 Å². The number of amides is 4. The number of hydrogen-bond acceptors (Lipinski definition) is 6. The molecule has 4 aromatic rings. The third-order valence-corrected chi connectivity index (χ3v) is 8.47. The lowest BCUT2D eigenvalue weighted by molar-refractivity contribution is -0.141. The molecule has 11 heteroatoms. The van der Waals surface area contributed by atoms with Crippen LogP contribution >= 0.6 is 0 Å². The SMILES string of the molecule is O=C(NCc1ccccc1)C(=O)C(C[C@@H]1CCNC1=O)NC(=O)[C@@H]1C[C@@H](Oc2ccccc2)CN1C(=O)c1cc2ccccc2[nH]1. The van der Waals surface area contributed by atoms with Gasteiger partial charge in [0.15, 0.2) is 0 Å². The molecule has 0 bridgehead atoms. The molecule has 0 aliphatic carbocycles. The van der Waals surface area contributed by atoms with E-state index in [1.54, 1.807) is 18.2 Å². The van der Waals surface area contributed by atoms with Gasteiger partial charge in [-0.05, 0) is 42.7 Å². The maximum Gasteiger partial charge on any atom is 0.289 e. The van der Waals surface area contributed by atoms with Crippen LogP contribution in [0.5, 0.6) is 5.75 Å². The van der Waals surface area contributed by atoms with Gasteiger partial charge in [-0.3, -0.25) is 24.0 Å². The Morgan fingerprint density at radius 3 is 2.37 bits per heavy atom. The van der Waals surface area contributed by atoms with Crippen molar-refractivity contribution in [3.05, 3.63) is 102 Å². The van der Waals surface area contributed by atoms with Crippen LogP contribution in [0.1, 0.15) is 35.3 Å². The summed E-state index contributed by atoms with van der Waals surface area (Å²) >= 11 is 0. The first-order chi connectivity index (χ1) is 22.4. The summed E-state index contributed by atoms with van der Waals surface area (Å²) < 4.78 is 6.15. The van der Waals surface area contributed by atoms with E-state index in [2.05, 4.69) is 20.9 Å². The Morgan fingerprint density at radius 1 is 0.935 bits per heavy atom. The van der Waals surface area contributed by atoms with Crippen LogP contribution in [0.25, 0.3) is 10.9 Å². The van der Waals surface area contributed by atoms with E-state index in [1.165, 1.54) is 4.90 Å². The van der Waals surface area contributed by atoms with Crippen molar-refractivity contribution < 1.29 is 28.7 Å². The Bertz CT molecular complexity index is 1710. The first-order valence-corrected chi connectivity index (χ1v) is 15.4. The molecule has 46 heavy (non-hydrogen) atoms. The summed E-state index contributed by atoms with van der Waals surface area (Å²) in [5, 5.41) is 8.96. The predicted molar refractivity (Wildman–Crippen MR) is 170 cm³/mol. The molecule has 1 unspecified atom stereocenters. The van der Waals surface area contributed by atoms with Gasteiger partial charge in [-0.2, -0.15) is 0 Å². The lowest BCUT2D eigenvalue weighted by Gasteiger charge is -2.26. The first-order valence-electron chi connectivity index (χ1n) is 15.4. The van der Waals surface area contributed by atoms with Crippen LogP contribution in [-0.4, -0.2) is 70.6 Å². The Hall–Kier alpha value is -5.45. The number of nitrogens with one attached hydrogen (secondary N) is 4. The van der Waals surface area contributed by atoms with Crippen molar-refractivity contribution in [2.24, 2.45) is 5.92 Å². The van der Waals surface area contributed by atoms with Gasteiger partial charge < -0.3 is 30.6 Å². The predicted octanol–water partition coefficient (Wildman–Crippen LogP) is 2.73. The quantitative estimate of drug-likeness (QED) is 0.189. The van der Waals surface area contributed by atoms with Crippen LogP contribution in [-0.2, 0) is 25.7 Å². The normalized spacial score (nSPS) is 19.8. The summed E-state index contributed by atoms with van der Waals surface area (Å²) in [6, 6.07) is 25.2. The molecule has 2 fully saturated rings. The molecule has 11 nitrogen and oxygen atoms in total. The summed E-state index contributed by atoms with van der Waals surface area (Å²) in [5.41, 5.74) is 1.90. The molecule has 236 valence electrons. The number of ketones is 1. The zero-order chi connectivity index (χ0) is 32.0. The van der Waals surface area contributed by atoms with Crippen LogP contribution in [0.4, 0.5) is 0 Å². The van der Waals surface area contributed by atoms with E-state index < -0.39 is 47.6 Å². The number of likely N-dealkylation sites (tertiary alicyclic amines) is 1. The number of nitrogens with zero attached hydrogens (tertiary/aromatic N) is 1. The minimum absolute atomic E-state index is 0.0399. The molecule has 2 saturated heterocycles. The maximum absolute atomic E-state index is 14.0. The molecule has 3 aromatic carbocycles. The highest BCUT2D eigenvalue weighted by atomic mass is 16.5. The molecule has 1 aromatic heterocycles. The smallest absolute Gasteiger partial charge is 0.289 e. The molecule has 4 amide bonds. The molecule has 4 atom stereocenters. The van der Waals surface area contributed by atoms with Gasteiger partial charge in [0.2, 0.25) is 17.6 Å². The number of ether oxygens (including phenoxy) is 1. The second-order valence-corrected chi connectivity index (χ2v) is 11.6. The highest BCUT2D eigenvalue weighted by Gasteiger charge is 2.43. The van der Waals surface area contributed by atoms with Gasteiger partial charge in [-0.1, -0.05) is 66.7 Å². The molecule has 0 radical (unpaired) electrons. The molecule has 3 heterocycles. The van der Waals surface area contributed by atoms with E-state index in [1.807, 2.05) is 72.8 Å². The summed E-state index contributed by atoms with van der Waals surface area (Å²) in [7, 11) is 0. The van der Waals surface area contributed by atoms with Gasteiger partial charge in [0.25, 0.3) is 11.8 Å². The van der Waals surface area contributed by atoms with Gasteiger partial charge in [-0.25, -0.2) is 0 Å². The number of carbonyl (C=O) groups excluding carboxylic acids is 5. The molecule has 6 rings (SSSR count). The standard InChI is InChI=1S/C35H35N5O6/c41-31(34(44)37-20-22-9-3-1-4-10-22)28(18-24-15-16-36-32(24)42)39-33(43)30-19-26(46-25-12-5-2-6-13-25)21-40(30)35(45)29-17-23-11-7-8-14-27(23)38-29/h1-14,17,24,26,28,30,38H,15-16,18-21H2,(H,36,42)(H,37,44)(H,39,43)/t24-,26+,28?,30-/m0/s1. The Morgan fingerprint density at radius 2 is 1.65 bits per heavy atom. The number of carbonyl (C=O) groups is 5. The fraction of sp³-hybridized carbons (Fsp3) is 0.286. The van der Waals surface area contributed by atoms with Crippen LogP contribution in [0.15, 0.2) is 91.0 Å². The summed E-state index contributed by atoms with van der Waals surface area (Å²) in [6.07, 6.45) is 0.0980. The molecule has 0 saturated carbocycles. The lowest BCUT2D eigenvalue weighted by Crippen LogP contribution is -2.54. The van der Waals surface area contributed by atoms with Gasteiger partial charge in [0, 0.05) is 36.3 Å². The van der Waals surface area contributed by atoms with E-state index in [-0.39, 0.29) is 31.8 Å². The molecule has 0 spiro atoms. The van der Waals surface area contributed by atoms with E-state index in [0.717, 1.165) is 16.5 Å². The van der Waals surface area contributed by atoms with E-state index in [9.17, 15) is 24.0 Å². The van der Waals surface area contributed by atoms with Crippen molar-refractivity contribution >= 4 is 40.3 Å². The van der Waals surface area contributed by atoms with Crippen molar-refractivity contribution in [2.45, 2.75) is 44.0 Å². The van der Waals surface area contributed by atoms with Crippen LogP contribution in [0.3, 0.4) is 0 Å². The van der Waals surface area contributed by atoms with E-state index in [4.69, 9.17) is 4.74 Å². The zero-order valence-electron chi connectivity index (χ0n) is 25.1. The van der Waals surface area contributed by atoms with E-state index in [0.29, 0.717) is 24.4 Å². The van der Waals surface area contributed by atoms with Crippen LogP contribution in [0.2, 0.25) is 0 Å². The molecule has 2 aliphatic rings. The Balaban J connectivity index is 1.22. The minimum atomic E-state index is -1.27. The van der Waals surface area contributed by atoms with Gasteiger partial charge in [-0.15, -0.1) is 0 Å². The summed E-state index contributed by atoms with van der Waals surface area (Å²) in [5.74, 6) is -2.89. The highest BCUT2D eigenvalue weighted by molar-refractivity contribution is 6.38. The number of para-hydroxylation sites is 2. The lowest BCUT2D eigenvalue weighted by atomic mass is 9.95. The van der Waals surface area contributed by atoms with Crippen molar-refractivity contribution in [3.8, 4) is 5.75 Å². The Labute approximate surface area is 265 Å². The fourth-order valence-corrected chi connectivity index (χ4v) is 6.07. The van der Waals surface area contributed by atoms with Crippen molar-refractivity contribution in [1.82, 2.24) is 25.8 Å². The van der Waals surface area contributed by atoms with Gasteiger partial charge in [0.1, 0.15) is 23.6 Å². The van der Waals surface area contributed by atoms with Crippen molar-refractivity contribution in [1.29, 1.82) is 0 Å². The zero-order valence-corrected chi connectivity index (χ0v) is 25.1. The van der Waals surface area contributed by atoms with Gasteiger partial charge >= 0.3 is 0 Å². The number of rotatable bonds is 11. The van der Waals surface area contributed by atoms with E-state index >= 15 is 0 Å². The molecular weight excluding hydrogens is 586 g/mol. The average molecular weight is 622 g/mol.